The zero-order valence-electron chi connectivity index (χ0n) is 4.59. The summed E-state index contributed by atoms with van der Waals surface area (Å²) in [5, 5.41) is 8.11. The fourth-order valence-electron chi connectivity index (χ4n) is 0.321. The van der Waals surface area contributed by atoms with E-state index >= 15 is 0 Å². The van der Waals surface area contributed by atoms with Crippen molar-refractivity contribution in [3.05, 3.63) is 0 Å². The van der Waals surface area contributed by atoms with Crippen LogP contribution in [-0.4, -0.2) is 10.6 Å². The standard InChI is InChI=1S/C4H8NO2P/c1-2-4(3-5)8(6)7/h4,8H,2H2,1H3,(H,6,7). The van der Waals surface area contributed by atoms with Crippen LogP contribution in [0.1, 0.15) is 13.3 Å². The maximum Gasteiger partial charge on any atom is 0.205 e. The second kappa shape index (κ2) is 3.65. The van der Waals surface area contributed by atoms with Gasteiger partial charge in [-0.1, -0.05) is 6.92 Å². The van der Waals surface area contributed by atoms with Crippen molar-refractivity contribution in [3.63, 3.8) is 0 Å². The zero-order chi connectivity index (χ0) is 6.57. The van der Waals surface area contributed by atoms with Crippen molar-refractivity contribution in [1.82, 2.24) is 0 Å². The number of nitrogens with zero attached hydrogens (tertiary/aromatic N) is 1. The van der Waals surface area contributed by atoms with Crippen LogP contribution in [0.2, 0.25) is 0 Å². The molecule has 0 aliphatic rings. The van der Waals surface area contributed by atoms with Crippen molar-refractivity contribution in [2.75, 3.05) is 0 Å². The van der Waals surface area contributed by atoms with E-state index in [0.717, 1.165) is 0 Å². The summed E-state index contributed by atoms with van der Waals surface area (Å²) in [6, 6.07) is 1.73. The molecular formula is C4H8NO2P. The molecule has 4 heteroatoms. The topological polar surface area (TPSA) is 61.1 Å². The van der Waals surface area contributed by atoms with Crippen LogP contribution in [-0.2, 0) is 4.57 Å². The van der Waals surface area contributed by atoms with Gasteiger partial charge in [0.2, 0.25) is 8.03 Å². The highest BCUT2D eigenvalue weighted by atomic mass is 31.1. The molecule has 0 radical (unpaired) electrons. The minimum absolute atomic E-state index is 0.463. The van der Waals surface area contributed by atoms with Gasteiger partial charge in [-0.3, -0.25) is 4.57 Å². The maximum absolute atomic E-state index is 10.1. The molecule has 0 amide bonds. The second-order valence-electron chi connectivity index (χ2n) is 1.43. The normalized spacial score (nSPS) is 16.6. The Hall–Kier alpha value is -0.320. The van der Waals surface area contributed by atoms with Gasteiger partial charge in [-0.15, -0.1) is 0 Å². The Bertz CT molecular complexity index is 128. The first-order valence-corrected chi connectivity index (χ1v) is 3.78. The predicted octanol–water partition coefficient (Wildman–Crippen LogP) is 0.756. The summed E-state index contributed by atoms with van der Waals surface area (Å²) < 4.78 is 10.1. The lowest BCUT2D eigenvalue weighted by Crippen LogP contribution is -1.93. The van der Waals surface area contributed by atoms with Gasteiger partial charge in [0.15, 0.2) is 0 Å². The highest BCUT2D eigenvalue weighted by Gasteiger charge is 2.08. The molecule has 0 spiro atoms. The molecule has 0 heterocycles. The molecule has 2 unspecified atom stereocenters. The first kappa shape index (κ1) is 7.68. The van der Waals surface area contributed by atoms with Crippen LogP contribution in [0.3, 0.4) is 0 Å². The minimum Gasteiger partial charge on any atom is -0.345 e. The summed E-state index contributed by atoms with van der Waals surface area (Å²) in [5.41, 5.74) is -0.639. The third kappa shape index (κ3) is 2.11. The second-order valence-corrected chi connectivity index (χ2v) is 2.80. The monoisotopic (exact) mass is 133 g/mol. The molecule has 1 N–H and O–H groups in total. The van der Waals surface area contributed by atoms with Crippen molar-refractivity contribution >= 4 is 8.03 Å². The average molecular weight is 133 g/mol. The van der Waals surface area contributed by atoms with E-state index in [1.807, 2.05) is 0 Å². The van der Waals surface area contributed by atoms with Gasteiger partial charge in [-0.25, -0.2) is 0 Å². The van der Waals surface area contributed by atoms with Gasteiger partial charge in [-0.05, 0) is 6.42 Å². The van der Waals surface area contributed by atoms with Gasteiger partial charge < -0.3 is 4.89 Å². The summed E-state index contributed by atoms with van der Waals surface area (Å²) in [6.07, 6.45) is 0.463. The molecule has 0 fully saturated rings. The third-order valence-electron chi connectivity index (χ3n) is 0.862. The predicted molar refractivity (Wildman–Crippen MR) is 30.9 cm³/mol. The number of hydrogen-bond donors (Lipinski definition) is 1. The van der Waals surface area contributed by atoms with E-state index < -0.39 is 13.7 Å². The van der Waals surface area contributed by atoms with Crippen molar-refractivity contribution in [1.29, 1.82) is 5.26 Å². The Morgan fingerprint density at radius 1 is 2.00 bits per heavy atom. The van der Waals surface area contributed by atoms with Crippen LogP contribution in [0.4, 0.5) is 0 Å². The SMILES string of the molecule is CCC(C#N)[PH](=O)O. The van der Waals surface area contributed by atoms with Crippen molar-refractivity contribution in [2.45, 2.75) is 19.0 Å². The Labute approximate surface area is 48.8 Å². The van der Waals surface area contributed by atoms with Crippen molar-refractivity contribution < 1.29 is 9.46 Å². The summed E-state index contributed by atoms with van der Waals surface area (Å²) in [6.45, 7) is 1.71. The Morgan fingerprint density at radius 3 is 2.50 bits per heavy atom. The van der Waals surface area contributed by atoms with Gasteiger partial charge >= 0.3 is 0 Å². The highest BCUT2D eigenvalue weighted by molar-refractivity contribution is 7.39. The summed E-state index contributed by atoms with van der Waals surface area (Å²) in [7, 11) is -2.59. The first-order valence-electron chi connectivity index (χ1n) is 2.34. The molecule has 0 aliphatic heterocycles. The van der Waals surface area contributed by atoms with Crippen LogP contribution in [0.15, 0.2) is 0 Å². The Kier molecular flexibility index (Phi) is 3.51. The molecule has 0 saturated carbocycles. The first-order chi connectivity index (χ1) is 3.72. The largest absolute Gasteiger partial charge is 0.345 e. The summed E-state index contributed by atoms with van der Waals surface area (Å²) in [4.78, 5) is 8.34. The fourth-order valence-corrected chi connectivity index (χ4v) is 0.781. The van der Waals surface area contributed by atoms with E-state index in [1.165, 1.54) is 0 Å². The zero-order valence-corrected chi connectivity index (χ0v) is 5.59. The number of rotatable bonds is 2. The molecule has 0 bridgehead atoms. The van der Waals surface area contributed by atoms with Crippen LogP contribution in [0, 0.1) is 11.3 Å². The third-order valence-corrected chi connectivity index (χ3v) is 2.00. The van der Waals surface area contributed by atoms with E-state index in [0.29, 0.717) is 6.42 Å². The van der Waals surface area contributed by atoms with Crippen LogP contribution < -0.4 is 0 Å². The smallest absolute Gasteiger partial charge is 0.205 e. The van der Waals surface area contributed by atoms with Crippen molar-refractivity contribution in [3.8, 4) is 6.07 Å². The molecule has 46 valence electrons. The van der Waals surface area contributed by atoms with Gasteiger partial charge in [0.05, 0.1) is 6.07 Å². The highest BCUT2D eigenvalue weighted by Crippen LogP contribution is 2.23. The lowest BCUT2D eigenvalue weighted by atomic mass is 10.4. The molecule has 0 aromatic rings. The number of hydrogen-bond acceptors (Lipinski definition) is 2. The van der Waals surface area contributed by atoms with E-state index in [2.05, 4.69) is 0 Å². The van der Waals surface area contributed by atoms with Crippen LogP contribution in [0.25, 0.3) is 0 Å². The summed E-state index contributed by atoms with van der Waals surface area (Å²) in [5.74, 6) is 0. The quantitative estimate of drug-likeness (QED) is 0.565. The fraction of sp³-hybridized carbons (Fsp3) is 0.750. The van der Waals surface area contributed by atoms with E-state index in [1.54, 1.807) is 13.0 Å². The molecule has 2 atom stereocenters. The van der Waals surface area contributed by atoms with E-state index in [-0.39, 0.29) is 0 Å². The molecule has 8 heavy (non-hydrogen) atoms. The molecular weight excluding hydrogens is 125 g/mol. The van der Waals surface area contributed by atoms with Crippen LogP contribution >= 0.6 is 8.03 Å². The van der Waals surface area contributed by atoms with Crippen LogP contribution in [0.5, 0.6) is 0 Å². The van der Waals surface area contributed by atoms with E-state index in [9.17, 15) is 4.57 Å². The van der Waals surface area contributed by atoms with Gasteiger partial charge in [-0.2, -0.15) is 5.26 Å². The maximum atomic E-state index is 10.1. The number of nitriles is 1. The minimum atomic E-state index is -2.59. The molecule has 0 aromatic heterocycles. The van der Waals surface area contributed by atoms with E-state index in [4.69, 9.17) is 10.2 Å². The van der Waals surface area contributed by atoms with Gasteiger partial charge in [0.1, 0.15) is 5.66 Å². The van der Waals surface area contributed by atoms with Crippen molar-refractivity contribution in [2.24, 2.45) is 0 Å². The molecule has 3 nitrogen and oxygen atoms in total. The lowest BCUT2D eigenvalue weighted by molar-refractivity contribution is 0.495. The molecule has 0 aromatic carbocycles. The van der Waals surface area contributed by atoms with Gasteiger partial charge in [0.25, 0.3) is 0 Å². The molecule has 0 rings (SSSR count). The Morgan fingerprint density at radius 2 is 2.50 bits per heavy atom. The average Bonchev–Trinajstić information content (AvgIpc) is 1.69. The van der Waals surface area contributed by atoms with Gasteiger partial charge in [0, 0.05) is 0 Å². The molecule has 0 aliphatic carbocycles. The lowest BCUT2D eigenvalue weighted by Gasteiger charge is -1.95. The molecule has 0 saturated heterocycles. The Balaban J connectivity index is 3.76. The summed E-state index contributed by atoms with van der Waals surface area (Å²) >= 11 is 0.